The van der Waals surface area contributed by atoms with E-state index < -0.39 is 24.0 Å². The molecule has 1 fully saturated rings. The normalized spacial score (nSPS) is 15.6. The van der Waals surface area contributed by atoms with Gasteiger partial charge in [-0.15, -0.1) is 0 Å². The molecule has 0 radical (unpaired) electrons. The number of nitrogens with one attached hydrogen (secondary N) is 1. The number of ether oxygens (including phenoxy) is 1. The smallest absolute Gasteiger partial charge is 0.340 e. The Bertz CT molecular complexity index is 944. The number of aryl methyl sites for hydroxylation is 2. The van der Waals surface area contributed by atoms with Crippen molar-refractivity contribution in [2.45, 2.75) is 45.6 Å². The highest BCUT2D eigenvalue weighted by Crippen LogP contribution is 2.39. The van der Waals surface area contributed by atoms with E-state index in [1.807, 2.05) is 38.1 Å². The fourth-order valence-electron chi connectivity index (χ4n) is 3.38. The molecule has 6 heteroatoms. The van der Waals surface area contributed by atoms with Crippen LogP contribution >= 0.6 is 0 Å². The van der Waals surface area contributed by atoms with E-state index in [0.29, 0.717) is 17.7 Å². The number of carbonyl (C=O) groups is 2. The van der Waals surface area contributed by atoms with Gasteiger partial charge in [-0.05, 0) is 50.7 Å². The maximum atomic E-state index is 12.7. The lowest BCUT2D eigenvalue weighted by molar-refractivity contribution is -0.125. The number of pyridine rings is 1. The first kappa shape index (κ1) is 18.8. The van der Waals surface area contributed by atoms with Crippen LogP contribution in [-0.4, -0.2) is 29.0 Å². The van der Waals surface area contributed by atoms with Crippen molar-refractivity contribution in [2.24, 2.45) is 5.92 Å². The Morgan fingerprint density at radius 2 is 2.07 bits per heavy atom. The third-order valence-electron chi connectivity index (χ3n) is 5.13. The molecule has 0 bridgehead atoms. The van der Waals surface area contributed by atoms with E-state index in [-0.39, 0.29) is 5.92 Å². The molecule has 0 unspecified atom stereocenters. The van der Waals surface area contributed by atoms with Gasteiger partial charge < -0.3 is 10.1 Å². The van der Waals surface area contributed by atoms with E-state index in [4.69, 9.17) is 4.74 Å². The Morgan fingerprint density at radius 3 is 2.70 bits per heavy atom. The second kappa shape index (κ2) is 7.36. The fraction of sp³-hybridized carbons (Fsp3) is 0.429. The first-order valence-corrected chi connectivity index (χ1v) is 9.17. The number of benzene rings is 1. The molecule has 2 aromatic rings. The molecule has 0 aliphatic heterocycles. The number of fused-ring (bicyclic) bond motifs is 1. The lowest BCUT2D eigenvalue weighted by Gasteiger charge is -2.22. The number of hydrogen-bond acceptors (Lipinski definition) is 5. The van der Waals surface area contributed by atoms with E-state index in [9.17, 15) is 14.9 Å². The van der Waals surface area contributed by atoms with Gasteiger partial charge in [0.1, 0.15) is 5.54 Å². The Balaban J connectivity index is 1.75. The Hall–Kier alpha value is -2.94. The van der Waals surface area contributed by atoms with Crippen molar-refractivity contribution < 1.29 is 14.3 Å². The quantitative estimate of drug-likeness (QED) is 0.794. The van der Waals surface area contributed by atoms with Gasteiger partial charge in [-0.2, -0.15) is 5.26 Å². The minimum absolute atomic E-state index is 0.167. The highest BCUT2D eigenvalue weighted by Gasteiger charge is 2.43. The standard InChI is InChI=1S/C21H23N3O3/c1-4-16-19(13(2)15-7-5-6-8-17(15)23-16)20(26)27-11-18(25)24-21(3,12-22)14-9-10-14/h5-8,14H,4,9-11H2,1-3H3,(H,24,25)/t21-/m1/s1. The topological polar surface area (TPSA) is 92.1 Å². The summed E-state index contributed by atoms with van der Waals surface area (Å²) in [5.74, 6) is -0.868. The molecule has 3 rings (SSSR count). The van der Waals surface area contributed by atoms with Gasteiger partial charge in [0.15, 0.2) is 6.61 Å². The zero-order chi connectivity index (χ0) is 19.6. The maximum absolute atomic E-state index is 12.7. The number of rotatable bonds is 6. The summed E-state index contributed by atoms with van der Waals surface area (Å²) in [6, 6.07) is 9.77. The monoisotopic (exact) mass is 365 g/mol. The Morgan fingerprint density at radius 1 is 1.37 bits per heavy atom. The number of carbonyl (C=O) groups excluding carboxylic acids is 2. The average Bonchev–Trinajstić information content (AvgIpc) is 3.51. The Kier molecular flexibility index (Phi) is 5.13. The molecule has 6 nitrogen and oxygen atoms in total. The fourth-order valence-corrected chi connectivity index (χ4v) is 3.38. The molecule has 1 aromatic heterocycles. The third kappa shape index (κ3) is 3.77. The van der Waals surface area contributed by atoms with E-state index in [1.54, 1.807) is 6.92 Å². The molecule has 1 aromatic carbocycles. The summed E-state index contributed by atoms with van der Waals surface area (Å²) in [6.07, 6.45) is 2.42. The Labute approximate surface area is 158 Å². The van der Waals surface area contributed by atoms with Gasteiger partial charge in [-0.3, -0.25) is 9.78 Å². The molecule has 1 atom stereocenters. The van der Waals surface area contributed by atoms with Crippen LogP contribution in [0.3, 0.4) is 0 Å². The zero-order valence-corrected chi connectivity index (χ0v) is 15.8. The van der Waals surface area contributed by atoms with Crippen LogP contribution in [0.2, 0.25) is 0 Å². The number of hydrogen-bond donors (Lipinski definition) is 1. The third-order valence-corrected chi connectivity index (χ3v) is 5.13. The number of para-hydroxylation sites is 1. The summed E-state index contributed by atoms with van der Waals surface area (Å²) in [5, 5.41) is 12.9. The van der Waals surface area contributed by atoms with Crippen LogP contribution in [0.5, 0.6) is 0 Å². The van der Waals surface area contributed by atoms with Crippen molar-refractivity contribution in [3.8, 4) is 6.07 Å². The number of esters is 1. The molecule has 1 amide bonds. The minimum Gasteiger partial charge on any atom is -0.452 e. The molecule has 1 heterocycles. The molecule has 1 aliphatic rings. The van der Waals surface area contributed by atoms with E-state index >= 15 is 0 Å². The van der Waals surface area contributed by atoms with E-state index in [0.717, 1.165) is 29.3 Å². The summed E-state index contributed by atoms with van der Waals surface area (Å²) in [5.41, 5.74) is 1.78. The highest BCUT2D eigenvalue weighted by atomic mass is 16.5. The molecule has 0 spiro atoms. The number of nitrogens with zero attached hydrogens (tertiary/aromatic N) is 2. The largest absolute Gasteiger partial charge is 0.452 e. The summed E-state index contributed by atoms with van der Waals surface area (Å²) < 4.78 is 5.25. The van der Waals surface area contributed by atoms with Crippen LogP contribution in [0.1, 0.15) is 48.3 Å². The SMILES string of the molecule is CCc1nc2ccccc2c(C)c1C(=O)OCC(=O)N[C@](C)(C#N)C1CC1. The van der Waals surface area contributed by atoms with Crippen LogP contribution in [0, 0.1) is 24.2 Å². The number of amides is 1. The lowest BCUT2D eigenvalue weighted by Crippen LogP contribution is -2.48. The lowest BCUT2D eigenvalue weighted by atomic mass is 9.98. The summed E-state index contributed by atoms with van der Waals surface area (Å²) >= 11 is 0. The van der Waals surface area contributed by atoms with E-state index in [1.165, 1.54) is 0 Å². The molecule has 1 saturated carbocycles. The van der Waals surface area contributed by atoms with Crippen molar-refractivity contribution in [3.63, 3.8) is 0 Å². The molecule has 1 aliphatic carbocycles. The summed E-state index contributed by atoms with van der Waals surface area (Å²) in [6.45, 7) is 5.07. The van der Waals surface area contributed by atoms with Crippen molar-refractivity contribution in [2.75, 3.05) is 6.61 Å². The van der Waals surface area contributed by atoms with Crippen molar-refractivity contribution in [1.82, 2.24) is 10.3 Å². The van der Waals surface area contributed by atoms with Crippen LogP contribution < -0.4 is 5.32 Å². The number of aromatic nitrogens is 1. The molecular weight excluding hydrogens is 342 g/mol. The van der Waals surface area contributed by atoms with Gasteiger partial charge in [-0.25, -0.2) is 4.79 Å². The van der Waals surface area contributed by atoms with Crippen LogP contribution in [0.25, 0.3) is 10.9 Å². The van der Waals surface area contributed by atoms with Crippen molar-refractivity contribution in [3.05, 3.63) is 41.1 Å². The molecule has 0 saturated heterocycles. The summed E-state index contributed by atoms with van der Waals surface area (Å²) in [4.78, 5) is 29.4. The maximum Gasteiger partial charge on any atom is 0.340 e. The molecule has 140 valence electrons. The predicted molar refractivity (Wildman–Crippen MR) is 101 cm³/mol. The minimum atomic E-state index is -0.904. The molecule has 27 heavy (non-hydrogen) atoms. The van der Waals surface area contributed by atoms with Crippen LogP contribution in [0.4, 0.5) is 0 Å². The van der Waals surface area contributed by atoms with Crippen molar-refractivity contribution >= 4 is 22.8 Å². The van der Waals surface area contributed by atoms with Crippen LogP contribution in [-0.2, 0) is 16.0 Å². The van der Waals surface area contributed by atoms with Gasteiger partial charge in [0.2, 0.25) is 0 Å². The second-order valence-electron chi connectivity index (χ2n) is 7.14. The molecule has 1 N–H and O–H groups in total. The van der Waals surface area contributed by atoms with Crippen LogP contribution in [0.15, 0.2) is 24.3 Å². The summed E-state index contributed by atoms with van der Waals surface area (Å²) in [7, 11) is 0. The first-order valence-electron chi connectivity index (χ1n) is 9.17. The predicted octanol–water partition coefficient (Wildman–Crippen LogP) is 3.07. The van der Waals surface area contributed by atoms with Gasteiger partial charge >= 0.3 is 5.97 Å². The van der Waals surface area contributed by atoms with Gasteiger partial charge in [0.05, 0.1) is 22.8 Å². The average molecular weight is 365 g/mol. The van der Waals surface area contributed by atoms with Gasteiger partial charge in [-0.1, -0.05) is 25.1 Å². The highest BCUT2D eigenvalue weighted by molar-refractivity contribution is 5.99. The number of nitriles is 1. The van der Waals surface area contributed by atoms with Crippen molar-refractivity contribution in [1.29, 1.82) is 5.26 Å². The van der Waals surface area contributed by atoms with Gasteiger partial charge in [0, 0.05) is 5.39 Å². The van der Waals surface area contributed by atoms with Gasteiger partial charge in [0.25, 0.3) is 5.91 Å². The van der Waals surface area contributed by atoms with E-state index in [2.05, 4.69) is 16.4 Å². The zero-order valence-electron chi connectivity index (χ0n) is 15.8. The molecular formula is C21H23N3O3. The first-order chi connectivity index (χ1) is 12.9. The second-order valence-corrected chi connectivity index (χ2v) is 7.14.